The van der Waals surface area contributed by atoms with Crippen molar-refractivity contribution in [2.45, 2.75) is 25.7 Å². The molecule has 0 bridgehead atoms. The number of anilines is 3. The van der Waals surface area contributed by atoms with E-state index in [4.69, 9.17) is 0 Å². The molecule has 0 saturated carbocycles. The minimum absolute atomic E-state index is 0.0944. The second-order valence-electron chi connectivity index (χ2n) is 7.99. The molecular weight excluding hydrogens is 387 g/mol. The molecule has 0 saturated heterocycles. The Balaban J connectivity index is 1.54. The van der Waals surface area contributed by atoms with Gasteiger partial charge in [-0.25, -0.2) is 8.91 Å². The van der Waals surface area contributed by atoms with Crippen molar-refractivity contribution in [3.05, 3.63) is 48.3 Å². The predicted molar refractivity (Wildman–Crippen MR) is 109 cm³/mol. The summed E-state index contributed by atoms with van der Waals surface area (Å²) in [7, 11) is 1.82. The van der Waals surface area contributed by atoms with Gasteiger partial charge in [0.1, 0.15) is 11.5 Å². The molecule has 9 nitrogen and oxygen atoms in total. The molecule has 10 heteroatoms. The van der Waals surface area contributed by atoms with E-state index >= 15 is 0 Å². The number of aryl methyl sites for hydroxylation is 1. The summed E-state index contributed by atoms with van der Waals surface area (Å²) in [6.07, 6.45) is 7.12. The van der Waals surface area contributed by atoms with Crippen LogP contribution in [0.2, 0.25) is 0 Å². The van der Waals surface area contributed by atoms with Gasteiger partial charge in [-0.05, 0) is 17.7 Å². The van der Waals surface area contributed by atoms with Crippen LogP contribution in [-0.2, 0) is 17.3 Å². The molecule has 1 aliphatic heterocycles. The van der Waals surface area contributed by atoms with Gasteiger partial charge in [0, 0.05) is 48.7 Å². The van der Waals surface area contributed by atoms with Gasteiger partial charge in [-0.1, -0.05) is 13.8 Å². The van der Waals surface area contributed by atoms with E-state index < -0.39 is 11.2 Å². The highest BCUT2D eigenvalue weighted by atomic mass is 19.1. The van der Waals surface area contributed by atoms with E-state index in [9.17, 15) is 9.18 Å². The Kier molecular flexibility index (Phi) is 3.85. The van der Waals surface area contributed by atoms with Crippen LogP contribution in [-0.4, -0.2) is 35.3 Å². The van der Waals surface area contributed by atoms with Crippen molar-refractivity contribution in [3.8, 4) is 11.3 Å². The number of hydrogen-bond acceptors (Lipinski definition) is 6. The summed E-state index contributed by atoms with van der Waals surface area (Å²) < 4.78 is 18.1. The maximum atomic E-state index is 14.8. The molecule has 3 aromatic heterocycles. The lowest BCUT2D eigenvalue weighted by molar-refractivity contribution is -0.117. The summed E-state index contributed by atoms with van der Waals surface area (Å²) in [5.41, 5.74) is 3.01. The molecule has 1 aliphatic rings. The fourth-order valence-electron chi connectivity index (χ4n) is 3.76. The second kappa shape index (κ2) is 6.34. The molecule has 0 fully saturated rings. The van der Waals surface area contributed by atoms with Crippen LogP contribution in [0.15, 0.2) is 36.9 Å². The second-order valence-corrected chi connectivity index (χ2v) is 7.99. The number of hydrogen-bond donors (Lipinski definition) is 2. The highest BCUT2D eigenvalue weighted by Crippen LogP contribution is 2.40. The first-order valence-electron chi connectivity index (χ1n) is 9.41. The van der Waals surface area contributed by atoms with E-state index in [0.29, 0.717) is 23.4 Å². The summed E-state index contributed by atoms with van der Waals surface area (Å²) in [4.78, 5) is 20.9. The zero-order chi connectivity index (χ0) is 21.0. The molecule has 30 heavy (non-hydrogen) atoms. The maximum absolute atomic E-state index is 14.8. The number of aromatic nitrogens is 6. The van der Waals surface area contributed by atoms with Gasteiger partial charge in [-0.15, -0.1) is 5.10 Å². The van der Waals surface area contributed by atoms with Gasteiger partial charge >= 0.3 is 0 Å². The number of rotatable bonds is 3. The average Bonchev–Trinajstić information content (AvgIpc) is 3.28. The molecular formula is C20H19FN8O. The number of benzene rings is 1. The van der Waals surface area contributed by atoms with Crippen LogP contribution in [0.3, 0.4) is 0 Å². The van der Waals surface area contributed by atoms with Crippen LogP contribution in [0.25, 0.3) is 16.9 Å². The third-order valence-electron chi connectivity index (χ3n) is 5.19. The van der Waals surface area contributed by atoms with Gasteiger partial charge in [-0.3, -0.25) is 14.5 Å². The summed E-state index contributed by atoms with van der Waals surface area (Å²) in [5, 5.41) is 14.3. The maximum Gasteiger partial charge on any atom is 0.247 e. The molecule has 152 valence electrons. The van der Waals surface area contributed by atoms with Crippen molar-refractivity contribution in [2.75, 3.05) is 10.6 Å². The Morgan fingerprint density at radius 3 is 2.90 bits per heavy atom. The standard InChI is InChI=1S/C20H19FN8O/c1-20(2)8-16(30)24-14-7-15(13(21)6-12(14)20)25-19-26-18-17(11-9-23-28(3)10-11)22-4-5-29(18)27-19/h4-7,9-10H,8H2,1-3H3,(H,24,30)(H,25,27). The first-order chi connectivity index (χ1) is 14.3. The van der Waals surface area contributed by atoms with Crippen LogP contribution in [0.1, 0.15) is 25.8 Å². The average molecular weight is 406 g/mol. The lowest BCUT2D eigenvalue weighted by Crippen LogP contribution is -2.32. The van der Waals surface area contributed by atoms with E-state index in [-0.39, 0.29) is 17.5 Å². The predicted octanol–water partition coefficient (Wildman–Crippen LogP) is 3.03. The van der Waals surface area contributed by atoms with Crippen LogP contribution in [0.5, 0.6) is 0 Å². The summed E-state index contributed by atoms with van der Waals surface area (Å²) in [5.74, 6) is -0.320. The molecule has 0 spiro atoms. The van der Waals surface area contributed by atoms with Crippen molar-refractivity contribution < 1.29 is 9.18 Å². The summed E-state index contributed by atoms with van der Waals surface area (Å²) in [6.45, 7) is 3.85. The molecule has 0 radical (unpaired) electrons. The smallest absolute Gasteiger partial charge is 0.247 e. The number of nitrogens with one attached hydrogen (secondary N) is 2. The monoisotopic (exact) mass is 406 g/mol. The summed E-state index contributed by atoms with van der Waals surface area (Å²) >= 11 is 0. The van der Waals surface area contributed by atoms with Crippen LogP contribution in [0, 0.1) is 5.82 Å². The molecule has 0 aliphatic carbocycles. The van der Waals surface area contributed by atoms with Crippen molar-refractivity contribution in [2.24, 2.45) is 7.05 Å². The Morgan fingerprint density at radius 2 is 2.13 bits per heavy atom. The van der Waals surface area contributed by atoms with Gasteiger partial charge in [0.25, 0.3) is 0 Å². The Labute approximate surface area is 171 Å². The first-order valence-corrected chi connectivity index (χ1v) is 9.41. The van der Waals surface area contributed by atoms with Crippen LogP contribution in [0.4, 0.5) is 21.7 Å². The lowest BCUT2D eigenvalue weighted by atomic mass is 9.78. The number of nitrogens with zero attached hydrogens (tertiary/aromatic N) is 6. The number of amides is 1. The van der Waals surface area contributed by atoms with Gasteiger partial charge < -0.3 is 10.6 Å². The SMILES string of the molecule is Cn1cc(-c2nccn3nc(Nc4cc5c(cc4F)C(C)(C)CC(=O)N5)nc23)cn1. The third-order valence-corrected chi connectivity index (χ3v) is 5.19. The van der Waals surface area contributed by atoms with Crippen molar-refractivity contribution >= 4 is 28.9 Å². The lowest BCUT2D eigenvalue weighted by Gasteiger charge is -2.32. The largest absolute Gasteiger partial charge is 0.326 e. The molecule has 4 aromatic rings. The fraction of sp³-hybridized carbons (Fsp3) is 0.250. The van der Waals surface area contributed by atoms with Crippen molar-refractivity contribution in [3.63, 3.8) is 0 Å². The molecule has 0 unspecified atom stereocenters. The topological polar surface area (TPSA) is 102 Å². The minimum atomic E-state index is -0.442. The van der Waals surface area contributed by atoms with Crippen molar-refractivity contribution in [1.82, 2.24) is 29.4 Å². The molecule has 5 rings (SSSR count). The summed E-state index contributed by atoms with van der Waals surface area (Å²) in [6, 6.07) is 3.03. The highest BCUT2D eigenvalue weighted by Gasteiger charge is 2.33. The number of fused-ring (bicyclic) bond motifs is 2. The normalized spacial score (nSPS) is 15.1. The van der Waals surface area contributed by atoms with Gasteiger partial charge in [-0.2, -0.15) is 10.1 Å². The van der Waals surface area contributed by atoms with Crippen molar-refractivity contribution in [1.29, 1.82) is 0 Å². The fourth-order valence-corrected chi connectivity index (χ4v) is 3.76. The van der Waals surface area contributed by atoms with E-state index in [2.05, 4.69) is 30.8 Å². The van der Waals surface area contributed by atoms with Gasteiger partial charge in [0.2, 0.25) is 11.9 Å². The zero-order valence-corrected chi connectivity index (χ0v) is 16.6. The Morgan fingerprint density at radius 1 is 1.30 bits per heavy atom. The Hall–Kier alpha value is -3.82. The Bertz CT molecular complexity index is 1310. The van der Waals surface area contributed by atoms with E-state index in [1.807, 2.05) is 27.1 Å². The molecule has 4 heterocycles. The molecule has 0 atom stereocenters. The molecule has 2 N–H and O–H groups in total. The minimum Gasteiger partial charge on any atom is -0.326 e. The van der Waals surface area contributed by atoms with Gasteiger partial charge in [0.15, 0.2) is 5.65 Å². The number of halogens is 1. The third kappa shape index (κ3) is 2.97. The molecule has 1 amide bonds. The number of carbonyl (C=O) groups is 1. The number of carbonyl (C=O) groups excluding carboxylic acids is 1. The van der Waals surface area contributed by atoms with Crippen LogP contribution < -0.4 is 10.6 Å². The van der Waals surface area contributed by atoms with E-state index in [0.717, 1.165) is 11.1 Å². The van der Waals surface area contributed by atoms with E-state index in [1.165, 1.54) is 6.07 Å². The van der Waals surface area contributed by atoms with Crippen LogP contribution >= 0.6 is 0 Å². The van der Waals surface area contributed by atoms with Gasteiger partial charge in [0.05, 0.1) is 11.9 Å². The quantitative estimate of drug-likeness (QED) is 0.542. The zero-order valence-electron chi connectivity index (χ0n) is 16.6. The molecule has 1 aromatic carbocycles. The first kappa shape index (κ1) is 18.2. The highest BCUT2D eigenvalue weighted by molar-refractivity contribution is 5.96. The van der Waals surface area contributed by atoms with E-state index in [1.54, 1.807) is 33.9 Å².